The first-order valence-corrected chi connectivity index (χ1v) is 10.3. The first-order valence-electron chi connectivity index (χ1n) is 10.3. The van der Waals surface area contributed by atoms with Gasteiger partial charge in [-0.3, -0.25) is 14.6 Å². The molecule has 1 atom stereocenters. The summed E-state index contributed by atoms with van der Waals surface area (Å²) >= 11 is 0. The highest BCUT2D eigenvalue weighted by Crippen LogP contribution is 2.18. The number of benzene rings is 2. The SMILES string of the molecule is CC(C)c1ccc(CN2CCN([C@@H](C)C(=O)Nc3ccccc3C#N)CC2)cc1. The molecule has 0 unspecified atom stereocenters. The van der Waals surface area contributed by atoms with E-state index in [0.717, 1.165) is 32.7 Å². The van der Waals surface area contributed by atoms with Crippen molar-refractivity contribution in [1.82, 2.24) is 9.80 Å². The number of nitriles is 1. The summed E-state index contributed by atoms with van der Waals surface area (Å²) in [4.78, 5) is 17.3. The van der Waals surface area contributed by atoms with E-state index in [1.807, 2.05) is 13.0 Å². The molecule has 0 spiro atoms. The summed E-state index contributed by atoms with van der Waals surface area (Å²) in [6, 6.07) is 17.9. The van der Waals surface area contributed by atoms with Crippen LogP contribution in [0.15, 0.2) is 48.5 Å². The number of anilines is 1. The number of para-hydroxylation sites is 1. The summed E-state index contributed by atoms with van der Waals surface area (Å²) in [5.41, 5.74) is 3.77. The number of rotatable bonds is 6. The number of nitrogens with one attached hydrogen (secondary N) is 1. The minimum absolute atomic E-state index is 0.0644. The van der Waals surface area contributed by atoms with E-state index in [-0.39, 0.29) is 11.9 Å². The van der Waals surface area contributed by atoms with E-state index in [2.05, 4.69) is 59.3 Å². The van der Waals surface area contributed by atoms with Gasteiger partial charge in [-0.15, -0.1) is 0 Å². The van der Waals surface area contributed by atoms with Gasteiger partial charge in [0.25, 0.3) is 0 Å². The molecular weight excluding hydrogens is 360 g/mol. The number of amides is 1. The average Bonchev–Trinajstić information content (AvgIpc) is 2.74. The largest absolute Gasteiger partial charge is 0.324 e. The van der Waals surface area contributed by atoms with Crippen LogP contribution in [0.3, 0.4) is 0 Å². The van der Waals surface area contributed by atoms with Crippen molar-refractivity contribution >= 4 is 11.6 Å². The van der Waals surface area contributed by atoms with Crippen LogP contribution in [0.4, 0.5) is 5.69 Å². The van der Waals surface area contributed by atoms with Crippen LogP contribution in [-0.4, -0.2) is 47.9 Å². The second kappa shape index (κ2) is 9.69. The Labute approximate surface area is 173 Å². The molecular formula is C24H30N4O. The topological polar surface area (TPSA) is 59.4 Å². The third kappa shape index (κ3) is 5.44. The van der Waals surface area contributed by atoms with Crippen molar-refractivity contribution in [2.24, 2.45) is 0 Å². The van der Waals surface area contributed by atoms with E-state index < -0.39 is 0 Å². The second-order valence-electron chi connectivity index (χ2n) is 8.03. The lowest BCUT2D eigenvalue weighted by atomic mass is 10.0. The van der Waals surface area contributed by atoms with Crippen molar-refractivity contribution in [3.05, 3.63) is 65.2 Å². The molecule has 2 aromatic rings. The fourth-order valence-corrected chi connectivity index (χ4v) is 3.67. The van der Waals surface area contributed by atoms with E-state index in [1.54, 1.807) is 18.2 Å². The minimum atomic E-state index is -0.228. The molecule has 0 aromatic heterocycles. The van der Waals surface area contributed by atoms with Gasteiger partial charge in [0, 0.05) is 32.7 Å². The van der Waals surface area contributed by atoms with Crippen molar-refractivity contribution in [2.75, 3.05) is 31.5 Å². The summed E-state index contributed by atoms with van der Waals surface area (Å²) in [6.07, 6.45) is 0. The third-order valence-electron chi connectivity index (χ3n) is 5.69. The van der Waals surface area contributed by atoms with Gasteiger partial charge in [0.15, 0.2) is 0 Å². The first-order chi connectivity index (χ1) is 14.0. The van der Waals surface area contributed by atoms with Crippen LogP contribution >= 0.6 is 0 Å². The van der Waals surface area contributed by atoms with Gasteiger partial charge in [-0.2, -0.15) is 5.26 Å². The molecule has 5 heteroatoms. The highest BCUT2D eigenvalue weighted by molar-refractivity contribution is 5.95. The van der Waals surface area contributed by atoms with Crippen molar-refractivity contribution in [1.29, 1.82) is 5.26 Å². The van der Waals surface area contributed by atoms with E-state index in [1.165, 1.54) is 11.1 Å². The molecule has 1 N–H and O–H groups in total. The number of piperazine rings is 1. The summed E-state index contributed by atoms with van der Waals surface area (Å²) in [7, 11) is 0. The van der Waals surface area contributed by atoms with Gasteiger partial charge >= 0.3 is 0 Å². The molecule has 3 rings (SSSR count). The van der Waals surface area contributed by atoms with Crippen LogP contribution in [0.2, 0.25) is 0 Å². The van der Waals surface area contributed by atoms with E-state index >= 15 is 0 Å². The maximum atomic E-state index is 12.7. The third-order valence-corrected chi connectivity index (χ3v) is 5.69. The Hall–Kier alpha value is -2.68. The van der Waals surface area contributed by atoms with E-state index in [9.17, 15) is 10.1 Å². The Kier molecular flexibility index (Phi) is 7.03. The number of carbonyl (C=O) groups is 1. The fourth-order valence-electron chi connectivity index (χ4n) is 3.67. The number of carbonyl (C=O) groups excluding carboxylic acids is 1. The zero-order valence-electron chi connectivity index (χ0n) is 17.6. The molecule has 1 saturated heterocycles. The highest BCUT2D eigenvalue weighted by Gasteiger charge is 2.26. The quantitative estimate of drug-likeness (QED) is 0.814. The normalized spacial score (nSPS) is 16.4. The Morgan fingerprint density at radius 1 is 1.03 bits per heavy atom. The number of hydrogen-bond donors (Lipinski definition) is 1. The molecule has 0 radical (unpaired) electrons. The number of hydrogen-bond acceptors (Lipinski definition) is 4. The van der Waals surface area contributed by atoms with Crippen molar-refractivity contribution < 1.29 is 4.79 Å². The van der Waals surface area contributed by atoms with Crippen LogP contribution in [0.25, 0.3) is 0 Å². The molecule has 0 bridgehead atoms. The molecule has 1 aliphatic heterocycles. The molecule has 1 fully saturated rings. The van der Waals surface area contributed by atoms with E-state index in [0.29, 0.717) is 17.2 Å². The summed E-state index contributed by atoms with van der Waals surface area (Å²) in [5, 5.41) is 12.1. The lowest BCUT2D eigenvalue weighted by Gasteiger charge is -2.37. The predicted molar refractivity (Wildman–Crippen MR) is 117 cm³/mol. The molecule has 5 nitrogen and oxygen atoms in total. The van der Waals surface area contributed by atoms with Crippen LogP contribution in [0.5, 0.6) is 0 Å². The fraction of sp³-hybridized carbons (Fsp3) is 0.417. The van der Waals surface area contributed by atoms with Gasteiger partial charge in [-0.1, -0.05) is 50.2 Å². The van der Waals surface area contributed by atoms with Crippen LogP contribution in [0, 0.1) is 11.3 Å². The van der Waals surface area contributed by atoms with Crippen LogP contribution in [0.1, 0.15) is 43.4 Å². The van der Waals surface area contributed by atoms with Gasteiger partial charge in [0.05, 0.1) is 17.3 Å². The highest BCUT2D eigenvalue weighted by atomic mass is 16.2. The van der Waals surface area contributed by atoms with Crippen LogP contribution < -0.4 is 5.32 Å². The standard InChI is InChI=1S/C24H30N4O/c1-18(2)21-10-8-20(9-11-21)17-27-12-14-28(15-13-27)19(3)24(29)26-23-7-5-4-6-22(23)16-25/h4-11,18-19H,12-15,17H2,1-3H3,(H,26,29)/t19-/m0/s1. The lowest BCUT2D eigenvalue weighted by molar-refractivity contribution is -0.121. The van der Waals surface area contributed by atoms with Gasteiger partial charge in [0.1, 0.15) is 6.07 Å². The van der Waals surface area contributed by atoms with Gasteiger partial charge in [0.2, 0.25) is 5.91 Å². The average molecular weight is 391 g/mol. The molecule has 1 amide bonds. The maximum absolute atomic E-state index is 12.7. The summed E-state index contributed by atoms with van der Waals surface area (Å²) in [5.74, 6) is 0.491. The molecule has 1 heterocycles. The first kappa shape index (κ1) is 21.0. The van der Waals surface area contributed by atoms with Crippen LogP contribution in [-0.2, 0) is 11.3 Å². The van der Waals surface area contributed by atoms with E-state index in [4.69, 9.17) is 0 Å². The second-order valence-corrected chi connectivity index (χ2v) is 8.03. The van der Waals surface area contributed by atoms with Gasteiger partial charge in [-0.25, -0.2) is 0 Å². The van der Waals surface area contributed by atoms with Crippen molar-refractivity contribution in [2.45, 2.75) is 39.3 Å². The van der Waals surface area contributed by atoms with Gasteiger partial charge in [-0.05, 0) is 36.1 Å². The monoisotopic (exact) mass is 390 g/mol. The maximum Gasteiger partial charge on any atom is 0.241 e. The Bertz CT molecular complexity index is 861. The zero-order chi connectivity index (χ0) is 20.8. The Morgan fingerprint density at radius 2 is 1.69 bits per heavy atom. The zero-order valence-corrected chi connectivity index (χ0v) is 17.6. The molecule has 29 heavy (non-hydrogen) atoms. The summed E-state index contributed by atoms with van der Waals surface area (Å²) < 4.78 is 0. The smallest absolute Gasteiger partial charge is 0.241 e. The Morgan fingerprint density at radius 3 is 2.31 bits per heavy atom. The molecule has 0 saturated carbocycles. The molecule has 2 aromatic carbocycles. The van der Waals surface area contributed by atoms with Crippen molar-refractivity contribution in [3.8, 4) is 6.07 Å². The molecule has 0 aliphatic carbocycles. The predicted octanol–water partition coefficient (Wildman–Crippen LogP) is 3.83. The molecule has 152 valence electrons. The van der Waals surface area contributed by atoms with Gasteiger partial charge < -0.3 is 5.32 Å². The summed E-state index contributed by atoms with van der Waals surface area (Å²) in [6.45, 7) is 10.9. The van der Waals surface area contributed by atoms with Crippen molar-refractivity contribution in [3.63, 3.8) is 0 Å². The minimum Gasteiger partial charge on any atom is -0.324 e. The Balaban J connectivity index is 1.50. The molecule has 1 aliphatic rings. The number of nitrogens with zero attached hydrogens (tertiary/aromatic N) is 3. The lowest BCUT2D eigenvalue weighted by Crippen LogP contribution is -2.52.